The number of rotatable bonds is 1. The molecule has 0 bridgehead atoms. The molecule has 0 aliphatic heterocycles. The summed E-state index contributed by atoms with van der Waals surface area (Å²) in [5, 5.41) is 0. The molecule has 0 aliphatic carbocycles. The molecule has 0 unspecified atom stereocenters. The second kappa shape index (κ2) is 5.04. The van der Waals surface area contributed by atoms with Crippen LogP contribution in [0, 0.1) is 18.8 Å². The third-order valence-corrected chi connectivity index (χ3v) is 2.05. The van der Waals surface area contributed by atoms with Crippen molar-refractivity contribution in [3.63, 3.8) is 0 Å². The van der Waals surface area contributed by atoms with Crippen molar-refractivity contribution >= 4 is 0 Å². The first kappa shape index (κ1) is 12.6. The molecule has 1 aromatic rings. The van der Waals surface area contributed by atoms with Gasteiger partial charge in [0.15, 0.2) is 0 Å². The third-order valence-electron chi connectivity index (χ3n) is 2.05. The van der Waals surface area contributed by atoms with E-state index in [9.17, 15) is 13.2 Å². The smallest absolute Gasteiger partial charge is 0.330 e. The van der Waals surface area contributed by atoms with Crippen LogP contribution in [0.4, 0.5) is 13.2 Å². The van der Waals surface area contributed by atoms with E-state index in [2.05, 4.69) is 11.8 Å². The Morgan fingerprint density at radius 3 is 2.56 bits per heavy atom. The van der Waals surface area contributed by atoms with Gasteiger partial charge in [-0.15, -0.1) is 0 Å². The maximum Gasteiger partial charge on any atom is 0.416 e. The van der Waals surface area contributed by atoms with Crippen molar-refractivity contribution in [3.8, 4) is 11.8 Å². The van der Waals surface area contributed by atoms with Gasteiger partial charge in [-0.25, -0.2) is 0 Å². The fourth-order valence-corrected chi connectivity index (χ4v) is 1.24. The highest BCUT2D eigenvalue weighted by molar-refractivity contribution is 5.41. The van der Waals surface area contributed by atoms with Crippen molar-refractivity contribution in [1.82, 2.24) is 0 Å². The van der Waals surface area contributed by atoms with Gasteiger partial charge in [0.25, 0.3) is 0 Å². The molecule has 0 fully saturated rings. The van der Waals surface area contributed by atoms with Crippen molar-refractivity contribution in [2.45, 2.75) is 19.5 Å². The minimum atomic E-state index is -4.32. The zero-order valence-corrected chi connectivity index (χ0v) is 8.86. The lowest BCUT2D eigenvalue weighted by molar-refractivity contribution is -0.138. The van der Waals surface area contributed by atoms with E-state index in [1.807, 2.05) is 0 Å². The van der Waals surface area contributed by atoms with Crippen LogP contribution in [0.1, 0.15) is 23.1 Å². The monoisotopic (exact) mass is 227 g/mol. The molecule has 86 valence electrons. The Kier molecular flexibility index (Phi) is 3.97. The molecule has 4 heteroatoms. The van der Waals surface area contributed by atoms with Gasteiger partial charge in [0.05, 0.1) is 5.56 Å². The molecule has 0 radical (unpaired) electrons. The molecule has 0 saturated heterocycles. The molecule has 0 saturated carbocycles. The molecule has 0 spiro atoms. The summed E-state index contributed by atoms with van der Waals surface area (Å²) in [6.45, 7) is 1.84. The Morgan fingerprint density at radius 1 is 1.31 bits per heavy atom. The van der Waals surface area contributed by atoms with E-state index in [1.54, 1.807) is 6.07 Å². The first-order chi connectivity index (χ1) is 7.45. The van der Waals surface area contributed by atoms with Crippen LogP contribution in [-0.4, -0.2) is 6.54 Å². The fraction of sp³-hybridized carbons (Fsp3) is 0.333. The van der Waals surface area contributed by atoms with Crippen LogP contribution in [0.3, 0.4) is 0 Å². The second-order valence-corrected chi connectivity index (χ2v) is 3.37. The van der Waals surface area contributed by atoms with Gasteiger partial charge in [-0.2, -0.15) is 13.2 Å². The molecule has 0 aliphatic rings. The van der Waals surface area contributed by atoms with Crippen molar-refractivity contribution in [3.05, 3.63) is 34.9 Å². The van der Waals surface area contributed by atoms with Gasteiger partial charge >= 0.3 is 6.18 Å². The average molecular weight is 227 g/mol. The minimum Gasteiger partial charge on any atom is -0.330 e. The first-order valence-corrected chi connectivity index (χ1v) is 4.82. The molecular formula is C12H12F3N. The van der Waals surface area contributed by atoms with Gasteiger partial charge in [-0.05, 0) is 24.6 Å². The highest BCUT2D eigenvalue weighted by Crippen LogP contribution is 2.32. The predicted octanol–water partition coefficient (Wildman–Crippen LogP) is 2.71. The molecule has 0 heterocycles. The van der Waals surface area contributed by atoms with E-state index in [0.29, 0.717) is 18.5 Å². The Morgan fingerprint density at radius 2 is 2.00 bits per heavy atom. The summed E-state index contributed by atoms with van der Waals surface area (Å²) < 4.78 is 37.6. The Bertz CT molecular complexity index is 424. The summed E-state index contributed by atoms with van der Waals surface area (Å²) in [7, 11) is 0. The topological polar surface area (TPSA) is 26.0 Å². The van der Waals surface area contributed by atoms with E-state index in [4.69, 9.17) is 5.73 Å². The standard InChI is InChI=1S/C12H12F3N/c1-9-5-6-10(4-2-3-7-16)8-11(9)12(13,14)15/h5-6,8H,3,7,16H2,1H3. The van der Waals surface area contributed by atoms with Gasteiger partial charge in [0, 0.05) is 18.5 Å². The number of halogens is 3. The highest BCUT2D eigenvalue weighted by atomic mass is 19.4. The molecule has 0 amide bonds. The lowest BCUT2D eigenvalue weighted by Gasteiger charge is -2.09. The van der Waals surface area contributed by atoms with E-state index < -0.39 is 11.7 Å². The van der Waals surface area contributed by atoms with Crippen LogP contribution in [0.2, 0.25) is 0 Å². The van der Waals surface area contributed by atoms with Crippen LogP contribution in [-0.2, 0) is 6.18 Å². The molecule has 2 N–H and O–H groups in total. The largest absolute Gasteiger partial charge is 0.416 e. The Hall–Kier alpha value is -1.47. The van der Waals surface area contributed by atoms with Crippen molar-refractivity contribution in [2.75, 3.05) is 6.54 Å². The van der Waals surface area contributed by atoms with Gasteiger partial charge in [0.2, 0.25) is 0 Å². The number of alkyl halides is 3. The van der Waals surface area contributed by atoms with E-state index in [-0.39, 0.29) is 5.56 Å². The molecule has 1 nitrogen and oxygen atoms in total. The summed E-state index contributed by atoms with van der Waals surface area (Å²) in [6.07, 6.45) is -3.84. The van der Waals surface area contributed by atoms with Crippen LogP contribution < -0.4 is 5.73 Å². The summed E-state index contributed by atoms with van der Waals surface area (Å²) in [4.78, 5) is 0. The molecule has 0 atom stereocenters. The summed E-state index contributed by atoms with van der Waals surface area (Å²) in [5.74, 6) is 5.36. The second-order valence-electron chi connectivity index (χ2n) is 3.37. The predicted molar refractivity (Wildman–Crippen MR) is 56.7 cm³/mol. The third kappa shape index (κ3) is 3.28. The lowest BCUT2D eigenvalue weighted by Crippen LogP contribution is -2.07. The van der Waals surface area contributed by atoms with Crippen molar-refractivity contribution in [1.29, 1.82) is 0 Å². The number of hydrogen-bond donors (Lipinski definition) is 1. The summed E-state index contributed by atoms with van der Waals surface area (Å²) in [6, 6.07) is 4.07. The zero-order valence-electron chi connectivity index (χ0n) is 8.86. The first-order valence-electron chi connectivity index (χ1n) is 4.82. The molecule has 1 rings (SSSR count). The number of aryl methyl sites for hydroxylation is 1. The van der Waals surface area contributed by atoms with E-state index in [1.165, 1.54) is 13.0 Å². The van der Waals surface area contributed by atoms with Crippen molar-refractivity contribution < 1.29 is 13.2 Å². The van der Waals surface area contributed by atoms with Crippen LogP contribution in [0.25, 0.3) is 0 Å². The van der Waals surface area contributed by atoms with Gasteiger partial charge in [-0.3, -0.25) is 0 Å². The van der Waals surface area contributed by atoms with Crippen LogP contribution >= 0.6 is 0 Å². The number of benzene rings is 1. The fourth-order valence-electron chi connectivity index (χ4n) is 1.24. The molecular weight excluding hydrogens is 215 g/mol. The zero-order chi connectivity index (χ0) is 12.2. The van der Waals surface area contributed by atoms with Crippen molar-refractivity contribution in [2.24, 2.45) is 5.73 Å². The Labute approximate surface area is 92.5 Å². The number of hydrogen-bond acceptors (Lipinski definition) is 1. The normalized spacial score (nSPS) is 10.8. The van der Waals surface area contributed by atoms with Gasteiger partial charge < -0.3 is 5.73 Å². The Balaban J connectivity index is 3.05. The average Bonchev–Trinajstić information content (AvgIpc) is 2.19. The quantitative estimate of drug-likeness (QED) is 0.733. The number of nitrogens with two attached hydrogens (primary N) is 1. The molecule has 16 heavy (non-hydrogen) atoms. The van der Waals surface area contributed by atoms with E-state index >= 15 is 0 Å². The molecule has 1 aromatic carbocycles. The molecule has 0 aromatic heterocycles. The maximum absolute atomic E-state index is 12.5. The van der Waals surface area contributed by atoms with E-state index in [0.717, 1.165) is 6.07 Å². The van der Waals surface area contributed by atoms with Gasteiger partial charge in [0.1, 0.15) is 0 Å². The van der Waals surface area contributed by atoms with Crippen LogP contribution in [0.15, 0.2) is 18.2 Å². The minimum absolute atomic E-state index is 0.205. The summed E-state index contributed by atoms with van der Waals surface area (Å²) >= 11 is 0. The van der Waals surface area contributed by atoms with Gasteiger partial charge in [-0.1, -0.05) is 17.9 Å². The lowest BCUT2D eigenvalue weighted by atomic mass is 10.0. The van der Waals surface area contributed by atoms with Crippen LogP contribution in [0.5, 0.6) is 0 Å². The SMILES string of the molecule is Cc1ccc(C#CCCN)cc1C(F)(F)F. The highest BCUT2D eigenvalue weighted by Gasteiger charge is 2.32. The maximum atomic E-state index is 12.5. The summed E-state index contributed by atoms with van der Waals surface area (Å²) in [5.41, 5.74) is 5.17.